The Kier molecular flexibility index (Phi) is 4.50. The van der Waals surface area contributed by atoms with E-state index < -0.39 is 0 Å². The average Bonchev–Trinajstić information content (AvgIpc) is 3.04. The number of nitrogens with one attached hydrogen (secondary N) is 1. The van der Waals surface area contributed by atoms with Crippen molar-refractivity contribution in [2.45, 2.75) is 36.5 Å². The highest BCUT2D eigenvalue weighted by atomic mass is 79.9. The highest BCUT2D eigenvalue weighted by Crippen LogP contribution is 2.36. The molecule has 0 aliphatic heterocycles. The topological polar surface area (TPSA) is 45.8 Å². The monoisotopic (exact) mass is 364 g/mol. The van der Waals surface area contributed by atoms with Gasteiger partial charge in [-0.25, -0.2) is 4.98 Å². The van der Waals surface area contributed by atoms with E-state index in [0.29, 0.717) is 16.2 Å². The van der Waals surface area contributed by atoms with Crippen LogP contribution >= 0.6 is 27.7 Å². The van der Waals surface area contributed by atoms with Gasteiger partial charge in [0.25, 0.3) is 5.56 Å². The first-order valence-corrected chi connectivity index (χ1v) is 9.15. The lowest BCUT2D eigenvalue weighted by molar-refractivity contribution is 0.688. The molecule has 1 aromatic heterocycles. The molecule has 1 aromatic carbocycles. The molecule has 0 bridgehead atoms. The minimum absolute atomic E-state index is 0.0872. The van der Waals surface area contributed by atoms with E-state index in [0.717, 1.165) is 24.1 Å². The van der Waals surface area contributed by atoms with Gasteiger partial charge in [-0.1, -0.05) is 25.0 Å². The van der Waals surface area contributed by atoms with E-state index in [1.165, 1.54) is 17.7 Å². The van der Waals surface area contributed by atoms with Crippen molar-refractivity contribution < 1.29 is 0 Å². The van der Waals surface area contributed by atoms with Crippen molar-refractivity contribution in [2.24, 2.45) is 0 Å². The third kappa shape index (κ3) is 3.09. The number of H-pyrrole nitrogens is 1. The standard InChI is InChI=1S/C16H17BrN2OS/c1-21-12-8-6-11(7-9-12)15-18-14(10-4-2-3-5-10)13(17)16(20)19-15/h6-10H,2-5H2,1H3,(H,18,19,20). The predicted molar refractivity (Wildman–Crippen MR) is 91.0 cm³/mol. The first kappa shape index (κ1) is 14.9. The predicted octanol–water partition coefficient (Wildman–Crippen LogP) is 4.58. The highest BCUT2D eigenvalue weighted by molar-refractivity contribution is 9.10. The van der Waals surface area contributed by atoms with Crippen LogP contribution in [0.4, 0.5) is 0 Å². The lowest BCUT2D eigenvalue weighted by atomic mass is 10.0. The van der Waals surface area contributed by atoms with Crippen LogP contribution in [0.2, 0.25) is 0 Å². The van der Waals surface area contributed by atoms with Crippen molar-refractivity contribution in [1.29, 1.82) is 0 Å². The quantitative estimate of drug-likeness (QED) is 0.810. The zero-order chi connectivity index (χ0) is 14.8. The Bertz CT molecular complexity index is 690. The Hall–Kier alpha value is -1.07. The van der Waals surface area contributed by atoms with Crippen LogP contribution in [0.1, 0.15) is 37.3 Å². The van der Waals surface area contributed by atoms with Gasteiger partial charge in [-0.3, -0.25) is 4.79 Å². The van der Waals surface area contributed by atoms with Gasteiger partial charge in [-0.05, 0) is 47.2 Å². The molecule has 0 atom stereocenters. The van der Waals surface area contributed by atoms with Crippen molar-refractivity contribution >= 4 is 27.7 Å². The average molecular weight is 365 g/mol. The third-order valence-corrected chi connectivity index (χ3v) is 5.50. The van der Waals surface area contributed by atoms with Gasteiger partial charge in [-0.2, -0.15) is 0 Å². The molecular weight excluding hydrogens is 348 g/mol. The Morgan fingerprint density at radius 1 is 1.24 bits per heavy atom. The fraction of sp³-hybridized carbons (Fsp3) is 0.375. The van der Waals surface area contributed by atoms with Crippen molar-refractivity contribution in [3.8, 4) is 11.4 Å². The summed E-state index contributed by atoms with van der Waals surface area (Å²) in [5.41, 5.74) is 1.78. The first-order chi connectivity index (χ1) is 10.2. The molecule has 21 heavy (non-hydrogen) atoms. The number of benzene rings is 1. The first-order valence-electron chi connectivity index (χ1n) is 7.13. The molecule has 1 N–H and O–H groups in total. The zero-order valence-electron chi connectivity index (χ0n) is 11.9. The van der Waals surface area contributed by atoms with Crippen molar-refractivity contribution in [3.63, 3.8) is 0 Å². The summed E-state index contributed by atoms with van der Waals surface area (Å²) >= 11 is 5.11. The summed E-state index contributed by atoms with van der Waals surface area (Å²) in [5.74, 6) is 1.07. The lowest BCUT2D eigenvalue weighted by Gasteiger charge is -2.12. The molecule has 1 fully saturated rings. The van der Waals surface area contributed by atoms with Crippen LogP contribution in [-0.4, -0.2) is 16.2 Å². The summed E-state index contributed by atoms with van der Waals surface area (Å²) in [6.45, 7) is 0. The van der Waals surface area contributed by atoms with Crippen LogP contribution in [0.15, 0.2) is 38.4 Å². The summed E-state index contributed by atoms with van der Waals surface area (Å²) in [5, 5.41) is 0. The number of nitrogens with zero attached hydrogens (tertiary/aromatic N) is 1. The summed E-state index contributed by atoms with van der Waals surface area (Å²) in [6.07, 6.45) is 6.75. The van der Waals surface area contributed by atoms with E-state index in [9.17, 15) is 4.79 Å². The largest absolute Gasteiger partial charge is 0.306 e. The molecule has 0 unspecified atom stereocenters. The van der Waals surface area contributed by atoms with Crippen LogP contribution < -0.4 is 5.56 Å². The van der Waals surface area contributed by atoms with Crippen molar-refractivity contribution in [1.82, 2.24) is 9.97 Å². The van der Waals surface area contributed by atoms with Crippen LogP contribution in [0.3, 0.4) is 0 Å². The summed E-state index contributed by atoms with van der Waals surface area (Å²) in [7, 11) is 0. The highest BCUT2D eigenvalue weighted by Gasteiger charge is 2.23. The number of halogens is 1. The number of aromatic amines is 1. The number of hydrogen-bond acceptors (Lipinski definition) is 3. The maximum absolute atomic E-state index is 12.2. The molecule has 2 aromatic rings. The number of rotatable bonds is 3. The van der Waals surface area contributed by atoms with E-state index in [1.807, 2.05) is 18.4 Å². The fourth-order valence-corrected chi connectivity index (χ4v) is 3.75. The molecule has 3 rings (SSSR count). The molecule has 1 saturated carbocycles. The Labute approximate surface area is 136 Å². The molecule has 5 heteroatoms. The minimum Gasteiger partial charge on any atom is -0.306 e. The second-order valence-electron chi connectivity index (χ2n) is 5.32. The second kappa shape index (κ2) is 6.36. The van der Waals surface area contributed by atoms with Crippen LogP contribution in [0.5, 0.6) is 0 Å². The van der Waals surface area contributed by atoms with E-state index in [2.05, 4.69) is 33.0 Å². The number of aromatic nitrogens is 2. The molecular formula is C16H17BrN2OS. The molecule has 0 spiro atoms. The van der Waals surface area contributed by atoms with Gasteiger partial charge in [0, 0.05) is 16.4 Å². The normalized spacial score (nSPS) is 15.5. The SMILES string of the molecule is CSc1ccc(-c2nc(C3CCCC3)c(Br)c(=O)[nH]2)cc1. The molecule has 1 aliphatic carbocycles. The lowest BCUT2D eigenvalue weighted by Crippen LogP contribution is -2.15. The Balaban J connectivity index is 2.03. The van der Waals surface area contributed by atoms with E-state index in [-0.39, 0.29) is 5.56 Å². The molecule has 0 radical (unpaired) electrons. The maximum atomic E-state index is 12.2. The van der Waals surface area contributed by atoms with Gasteiger partial charge in [-0.15, -0.1) is 11.8 Å². The van der Waals surface area contributed by atoms with Gasteiger partial charge in [0.1, 0.15) is 10.3 Å². The molecule has 3 nitrogen and oxygen atoms in total. The molecule has 0 saturated heterocycles. The smallest absolute Gasteiger partial charge is 0.265 e. The maximum Gasteiger partial charge on any atom is 0.265 e. The molecule has 1 heterocycles. The van der Waals surface area contributed by atoms with Crippen LogP contribution in [0.25, 0.3) is 11.4 Å². The van der Waals surface area contributed by atoms with Crippen molar-refractivity contribution in [2.75, 3.05) is 6.26 Å². The molecule has 0 amide bonds. The summed E-state index contributed by atoms with van der Waals surface area (Å²) in [6, 6.07) is 8.13. The van der Waals surface area contributed by atoms with E-state index >= 15 is 0 Å². The van der Waals surface area contributed by atoms with Gasteiger partial charge >= 0.3 is 0 Å². The van der Waals surface area contributed by atoms with Gasteiger partial charge < -0.3 is 4.98 Å². The zero-order valence-corrected chi connectivity index (χ0v) is 14.3. The number of thioether (sulfide) groups is 1. The minimum atomic E-state index is -0.0872. The van der Waals surface area contributed by atoms with E-state index in [1.54, 1.807) is 11.8 Å². The third-order valence-electron chi connectivity index (χ3n) is 3.99. The van der Waals surface area contributed by atoms with Crippen LogP contribution in [0, 0.1) is 0 Å². The van der Waals surface area contributed by atoms with E-state index in [4.69, 9.17) is 4.98 Å². The van der Waals surface area contributed by atoms with Gasteiger partial charge in [0.2, 0.25) is 0 Å². The van der Waals surface area contributed by atoms with Gasteiger partial charge in [0.05, 0.1) is 5.69 Å². The fourth-order valence-electron chi connectivity index (χ4n) is 2.83. The number of hydrogen-bond donors (Lipinski definition) is 1. The second-order valence-corrected chi connectivity index (χ2v) is 7.00. The summed E-state index contributed by atoms with van der Waals surface area (Å²) < 4.78 is 0.596. The van der Waals surface area contributed by atoms with Crippen LogP contribution in [-0.2, 0) is 0 Å². The molecule has 110 valence electrons. The molecule has 1 aliphatic rings. The Morgan fingerprint density at radius 3 is 2.52 bits per heavy atom. The van der Waals surface area contributed by atoms with Crippen molar-refractivity contribution in [3.05, 3.63) is 44.8 Å². The summed E-state index contributed by atoms with van der Waals surface area (Å²) in [4.78, 5) is 21.0. The van der Waals surface area contributed by atoms with Gasteiger partial charge in [0.15, 0.2) is 0 Å². The Morgan fingerprint density at radius 2 is 1.90 bits per heavy atom.